The van der Waals surface area contributed by atoms with Gasteiger partial charge in [-0.1, -0.05) is 32.4 Å². The highest BCUT2D eigenvalue weighted by Crippen LogP contribution is 2.72. The molecule has 1 aromatic rings. The van der Waals surface area contributed by atoms with E-state index >= 15 is 0 Å². The molecule has 9 heteroatoms. The van der Waals surface area contributed by atoms with Crippen LogP contribution in [-0.2, 0) is 14.4 Å². The van der Waals surface area contributed by atoms with Crippen molar-refractivity contribution >= 4 is 35.2 Å². The molecule has 2 unspecified atom stereocenters. The molecule has 0 aromatic heterocycles. The Morgan fingerprint density at radius 1 is 1.14 bits per heavy atom. The van der Waals surface area contributed by atoms with Gasteiger partial charge in [0.1, 0.15) is 11.8 Å². The van der Waals surface area contributed by atoms with Crippen LogP contribution in [0.4, 0.5) is 5.69 Å². The van der Waals surface area contributed by atoms with Gasteiger partial charge in [-0.25, -0.2) is 0 Å². The number of aliphatic hydroxyl groups excluding tert-OH is 1. The largest absolute Gasteiger partial charge is 0.494 e. The number of carbonyl (C=O) groups is 3. The first-order valence-electron chi connectivity index (χ1n) is 16.0. The van der Waals surface area contributed by atoms with Crippen LogP contribution in [0.5, 0.6) is 5.75 Å². The predicted octanol–water partition coefficient (Wildman–Crippen LogP) is 5.31. The quantitative estimate of drug-likeness (QED) is 0.299. The molecule has 3 aliphatic rings. The average molecular weight is 626 g/mol. The van der Waals surface area contributed by atoms with Crippen LogP contribution in [0.2, 0.25) is 0 Å². The second-order valence-corrected chi connectivity index (χ2v) is 15.6. The number of ether oxygens (including phenoxy) is 1. The van der Waals surface area contributed by atoms with E-state index in [9.17, 15) is 19.5 Å². The minimum absolute atomic E-state index is 0.0370. The van der Waals surface area contributed by atoms with Crippen LogP contribution >= 0.6 is 11.8 Å². The highest BCUT2D eigenvalue weighted by Gasteiger charge is 2.78. The van der Waals surface area contributed by atoms with E-state index in [0.717, 1.165) is 12.2 Å². The van der Waals surface area contributed by atoms with Gasteiger partial charge in [-0.15, -0.1) is 24.9 Å². The molecule has 2 bridgehead atoms. The van der Waals surface area contributed by atoms with Crippen LogP contribution in [0.15, 0.2) is 49.6 Å². The minimum Gasteiger partial charge on any atom is -0.494 e. The Bertz CT molecular complexity index is 1260. The summed E-state index contributed by atoms with van der Waals surface area (Å²) in [6.07, 6.45) is 5.51. The van der Waals surface area contributed by atoms with Crippen molar-refractivity contribution in [3.05, 3.63) is 49.6 Å². The van der Waals surface area contributed by atoms with Gasteiger partial charge < -0.3 is 24.5 Å². The second-order valence-electron chi connectivity index (χ2n) is 13.7. The number of amides is 3. The summed E-state index contributed by atoms with van der Waals surface area (Å²) in [5.74, 6) is -1.13. The molecule has 8 nitrogen and oxygen atoms in total. The third-order valence-corrected chi connectivity index (χ3v) is 12.0. The third-order valence-electron chi connectivity index (χ3n) is 9.98. The van der Waals surface area contributed by atoms with Crippen molar-refractivity contribution in [3.8, 4) is 5.75 Å². The number of rotatable bonds is 13. The van der Waals surface area contributed by atoms with Crippen LogP contribution in [0.1, 0.15) is 67.7 Å². The Hall–Kier alpha value is -2.78. The monoisotopic (exact) mass is 625 g/mol. The number of anilines is 1. The van der Waals surface area contributed by atoms with E-state index in [2.05, 4.69) is 20.1 Å². The summed E-state index contributed by atoms with van der Waals surface area (Å²) >= 11 is 1.65. The van der Waals surface area contributed by atoms with Gasteiger partial charge in [0.25, 0.3) is 0 Å². The Kier molecular flexibility index (Phi) is 10.0. The molecule has 3 amide bonds. The van der Waals surface area contributed by atoms with E-state index in [0.29, 0.717) is 31.7 Å². The van der Waals surface area contributed by atoms with Gasteiger partial charge in [-0.2, -0.15) is 0 Å². The summed E-state index contributed by atoms with van der Waals surface area (Å²) in [6.45, 7) is 22.7. The molecule has 3 heterocycles. The average Bonchev–Trinajstić information content (AvgIpc) is 3.55. The predicted molar refractivity (Wildman–Crippen MR) is 178 cm³/mol. The highest BCUT2D eigenvalue weighted by molar-refractivity contribution is 8.02. The van der Waals surface area contributed by atoms with Crippen molar-refractivity contribution in [1.29, 1.82) is 0 Å². The Morgan fingerprint density at radius 2 is 1.77 bits per heavy atom. The number of fused-ring (bicyclic) bond motifs is 1. The van der Waals surface area contributed by atoms with Crippen molar-refractivity contribution in [2.75, 3.05) is 31.2 Å². The van der Waals surface area contributed by atoms with Crippen LogP contribution in [-0.4, -0.2) is 86.0 Å². The molecule has 3 aliphatic heterocycles. The molecule has 7 atom stereocenters. The fourth-order valence-electron chi connectivity index (χ4n) is 7.67. The molecule has 1 spiro atoms. The lowest BCUT2D eigenvalue weighted by Crippen LogP contribution is -2.61. The van der Waals surface area contributed by atoms with Crippen LogP contribution in [0.3, 0.4) is 0 Å². The summed E-state index contributed by atoms with van der Waals surface area (Å²) in [4.78, 5) is 49.5. The first-order chi connectivity index (χ1) is 20.8. The zero-order chi connectivity index (χ0) is 32.6. The van der Waals surface area contributed by atoms with Gasteiger partial charge in [-0.05, 0) is 77.6 Å². The van der Waals surface area contributed by atoms with Gasteiger partial charge >= 0.3 is 0 Å². The Labute approximate surface area is 267 Å². The number of thioether (sulfide) groups is 1. The number of hydrogen-bond donors (Lipinski definition) is 1. The van der Waals surface area contributed by atoms with E-state index in [-0.39, 0.29) is 36.8 Å². The topological polar surface area (TPSA) is 90.4 Å². The number of carbonyl (C=O) groups excluding carboxylic acids is 3. The molecular weight excluding hydrogens is 574 g/mol. The highest BCUT2D eigenvalue weighted by atomic mass is 32.2. The van der Waals surface area contributed by atoms with Gasteiger partial charge in [0.05, 0.1) is 35.8 Å². The summed E-state index contributed by atoms with van der Waals surface area (Å²) in [7, 11) is 0. The summed E-state index contributed by atoms with van der Waals surface area (Å²) in [5, 5.41) is 10.7. The molecular formula is C35H51N3O5S. The lowest BCUT2D eigenvalue weighted by molar-refractivity contribution is -0.149. The number of benzene rings is 1. The molecule has 0 aliphatic carbocycles. The summed E-state index contributed by atoms with van der Waals surface area (Å²) in [6, 6.07) is 6.08. The van der Waals surface area contributed by atoms with E-state index in [4.69, 9.17) is 4.74 Å². The standard InChI is InChI=1S/C35H51N3O5S/c1-10-20-36(24-14-16-25(17-15-24)43-13-4)30(40)27-28-31(41)38(26(22-39)23(5)12-3)29(35(28)19-18-34(27,9)44-35)32(42)37(21-11-2)33(6,7)8/h10-11,14-17,23,26-29,39H,1-2,12-13,18-22H2,3-9H3/t23-,26-,27-,28-,29?,34+,35?/m0/s1. The normalized spacial score (nSPS) is 28.8. The zero-order valence-electron chi connectivity index (χ0n) is 27.5. The first-order valence-corrected chi connectivity index (χ1v) is 16.8. The smallest absolute Gasteiger partial charge is 0.247 e. The van der Waals surface area contributed by atoms with E-state index in [1.165, 1.54) is 0 Å². The van der Waals surface area contributed by atoms with Crippen LogP contribution in [0, 0.1) is 17.8 Å². The van der Waals surface area contributed by atoms with Gasteiger partial charge in [0.15, 0.2) is 0 Å². The molecule has 0 saturated carbocycles. The molecule has 3 fully saturated rings. The molecule has 1 N–H and O–H groups in total. The Balaban J connectivity index is 1.85. The molecule has 0 radical (unpaired) electrons. The Morgan fingerprint density at radius 3 is 2.30 bits per heavy atom. The molecule has 4 rings (SSSR count). The van der Waals surface area contributed by atoms with Crippen molar-refractivity contribution in [2.24, 2.45) is 17.8 Å². The minimum atomic E-state index is -0.798. The molecule has 1 aromatic carbocycles. The van der Waals surface area contributed by atoms with Crippen LogP contribution < -0.4 is 9.64 Å². The maximum atomic E-state index is 14.8. The maximum absolute atomic E-state index is 14.8. The maximum Gasteiger partial charge on any atom is 0.247 e. The van der Waals surface area contributed by atoms with Crippen LogP contribution in [0.25, 0.3) is 0 Å². The molecule has 3 saturated heterocycles. The SMILES string of the molecule is C=CCN(C(=O)[C@@H]1[C@H]2C(=O)N([C@@H](CO)[C@@H](C)CC)C(C(=O)N(CC=C)C(C)(C)C)C23CC[C@@]1(C)S3)c1ccc(OCC)cc1. The van der Waals surface area contributed by atoms with Gasteiger partial charge in [0, 0.05) is 29.1 Å². The molecule has 44 heavy (non-hydrogen) atoms. The van der Waals surface area contributed by atoms with Crippen molar-refractivity contribution in [2.45, 2.75) is 94.8 Å². The second kappa shape index (κ2) is 12.9. The summed E-state index contributed by atoms with van der Waals surface area (Å²) in [5.41, 5.74) is 0.186. The lowest BCUT2D eigenvalue weighted by atomic mass is 9.66. The number of likely N-dealkylation sites (tertiary alicyclic amines) is 1. The van der Waals surface area contributed by atoms with Crippen molar-refractivity contribution in [3.63, 3.8) is 0 Å². The zero-order valence-corrected chi connectivity index (χ0v) is 28.4. The van der Waals surface area contributed by atoms with Crippen molar-refractivity contribution in [1.82, 2.24) is 9.80 Å². The number of nitrogens with zero attached hydrogens (tertiary/aromatic N) is 3. The fourth-order valence-corrected chi connectivity index (χ4v) is 10.0. The third kappa shape index (κ3) is 5.59. The van der Waals surface area contributed by atoms with E-state index in [1.54, 1.807) is 38.6 Å². The first kappa shape index (κ1) is 34.1. The van der Waals surface area contributed by atoms with E-state index < -0.39 is 39.0 Å². The molecule has 242 valence electrons. The number of aliphatic hydroxyl groups is 1. The lowest BCUT2D eigenvalue weighted by Gasteiger charge is -2.44. The van der Waals surface area contributed by atoms with E-state index in [1.807, 2.05) is 65.8 Å². The number of hydrogen-bond acceptors (Lipinski definition) is 6. The van der Waals surface area contributed by atoms with Gasteiger partial charge in [0.2, 0.25) is 17.7 Å². The fraction of sp³-hybridized carbons (Fsp3) is 0.629. The van der Waals surface area contributed by atoms with Crippen molar-refractivity contribution < 1.29 is 24.2 Å². The summed E-state index contributed by atoms with van der Waals surface area (Å²) < 4.78 is 4.31. The van der Waals surface area contributed by atoms with Gasteiger partial charge in [-0.3, -0.25) is 14.4 Å².